The molecule has 1 N–H and O–H groups in total. The number of alkyl halides is 2. The van der Waals surface area contributed by atoms with Crippen molar-refractivity contribution in [2.45, 2.75) is 59.5 Å². The molecular formula is C20H24ClF2NO4. The molecule has 8 heteroatoms. The van der Waals surface area contributed by atoms with Gasteiger partial charge in [-0.25, -0.2) is 0 Å². The number of aliphatic hydroxyl groups excluding tert-OH is 1. The van der Waals surface area contributed by atoms with Gasteiger partial charge in [0.1, 0.15) is 18.1 Å². The van der Waals surface area contributed by atoms with Crippen LogP contribution in [0.3, 0.4) is 0 Å². The predicted molar refractivity (Wildman–Crippen MR) is 104 cm³/mol. The number of ketones is 1. The highest BCUT2D eigenvalue weighted by Crippen LogP contribution is 2.43. The van der Waals surface area contributed by atoms with Gasteiger partial charge in [0.15, 0.2) is 5.78 Å². The lowest BCUT2D eigenvalue weighted by molar-refractivity contribution is -0.116. The van der Waals surface area contributed by atoms with Crippen LogP contribution >= 0.6 is 11.6 Å². The van der Waals surface area contributed by atoms with Gasteiger partial charge < -0.3 is 14.7 Å². The fourth-order valence-corrected chi connectivity index (χ4v) is 3.65. The Labute approximate surface area is 168 Å². The molecule has 0 fully saturated rings. The van der Waals surface area contributed by atoms with Crippen LogP contribution in [0.2, 0.25) is 5.02 Å². The van der Waals surface area contributed by atoms with E-state index in [0.717, 1.165) is 0 Å². The average molecular weight is 416 g/mol. The van der Waals surface area contributed by atoms with Crippen molar-refractivity contribution in [1.29, 1.82) is 0 Å². The summed E-state index contributed by atoms with van der Waals surface area (Å²) < 4.78 is 30.5. The molecule has 0 saturated carbocycles. The van der Waals surface area contributed by atoms with Crippen LogP contribution < -0.4 is 4.74 Å². The lowest BCUT2D eigenvalue weighted by Crippen LogP contribution is -2.24. The van der Waals surface area contributed by atoms with Gasteiger partial charge in [-0.3, -0.25) is 4.79 Å². The fraction of sp³-hybridized carbons (Fsp3) is 0.500. The summed E-state index contributed by atoms with van der Waals surface area (Å²) in [6.07, 6.45) is 0.515. The number of aliphatic hydroxyl groups is 1. The smallest absolute Gasteiger partial charge is 0.387 e. The molecule has 0 heterocycles. The van der Waals surface area contributed by atoms with Gasteiger partial charge in [0, 0.05) is 29.3 Å². The molecule has 1 aliphatic carbocycles. The van der Waals surface area contributed by atoms with Crippen LogP contribution in [0.5, 0.6) is 5.75 Å². The van der Waals surface area contributed by atoms with E-state index in [1.54, 1.807) is 27.7 Å². The number of rotatable bonds is 7. The number of allylic oxidation sites excluding steroid dienone is 2. The van der Waals surface area contributed by atoms with E-state index in [1.807, 2.05) is 0 Å². The zero-order valence-corrected chi connectivity index (χ0v) is 17.1. The number of nitrogens with zero attached hydrogens (tertiary/aromatic N) is 1. The van der Waals surface area contributed by atoms with Gasteiger partial charge in [-0.2, -0.15) is 8.78 Å². The van der Waals surface area contributed by atoms with Gasteiger partial charge in [0.05, 0.1) is 11.3 Å². The van der Waals surface area contributed by atoms with Crippen LogP contribution in [0.15, 0.2) is 22.6 Å². The van der Waals surface area contributed by atoms with Crippen molar-refractivity contribution in [3.05, 3.63) is 39.1 Å². The Hall–Kier alpha value is -2.15. The van der Waals surface area contributed by atoms with E-state index in [1.165, 1.54) is 6.07 Å². The van der Waals surface area contributed by atoms with Crippen molar-refractivity contribution in [3.8, 4) is 5.75 Å². The van der Waals surface area contributed by atoms with Crippen molar-refractivity contribution in [2.24, 2.45) is 5.16 Å². The number of benzene rings is 1. The summed E-state index contributed by atoms with van der Waals surface area (Å²) in [5, 5.41) is 14.9. The van der Waals surface area contributed by atoms with Gasteiger partial charge in [-0.05, 0) is 44.4 Å². The van der Waals surface area contributed by atoms with Crippen LogP contribution in [0.25, 0.3) is 0 Å². The third-order valence-electron chi connectivity index (χ3n) is 4.68. The summed E-state index contributed by atoms with van der Waals surface area (Å²) >= 11 is 6.30. The van der Waals surface area contributed by atoms with Crippen LogP contribution in [-0.4, -0.2) is 29.8 Å². The second-order valence-electron chi connectivity index (χ2n) is 6.58. The number of ether oxygens (including phenoxy) is 1. The van der Waals surface area contributed by atoms with Gasteiger partial charge in [0.25, 0.3) is 0 Å². The maximum atomic E-state index is 12.9. The van der Waals surface area contributed by atoms with E-state index in [4.69, 9.17) is 16.4 Å². The summed E-state index contributed by atoms with van der Waals surface area (Å²) in [4.78, 5) is 17.8. The molecule has 1 unspecified atom stereocenters. The van der Waals surface area contributed by atoms with Gasteiger partial charge in [-0.1, -0.05) is 23.7 Å². The maximum absolute atomic E-state index is 12.9. The van der Waals surface area contributed by atoms with Gasteiger partial charge >= 0.3 is 6.61 Å². The number of oxime groups is 1. The quantitative estimate of drug-likeness (QED) is 0.463. The Bertz CT molecular complexity index is 821. The van der Waals surface area contributed by atoms with E-state index < -0.39 is 12.5 Å². The fourth-order valence-electron chi connectivity index (χ4n) is 3.49. The molecule has 0 radical (unpaired) electrons. The van der Waals surface area contributed by atoms with E-state index >= 15 is 0 Å². The van der Waals surface area contributed by atoms with Crippen LogP contribution in [0.1, 0.15) is 55.7 Å². The van der Waals surface area contributed by atoms with Gasteiger partial charge in [0.2, 0.25) is 0 Å². The second kappa shape index (κ2) is 9.37. The van der Waals surface area contributed by atoms with E-state index in [0.29, 0.717) is 40.5 Å². The number of aryl methyl sites for hydroxylation is 1. The number of halogens is 3. The Kier molecular flexibility index (Phi) is 7.41. The third kappa shape index (κ3) is 4.63. The normalized spacial score (nSPS) is 18.1. The van der Waals surface area contributed by atoms with E-state index in [-0.39, 0.29) is 35.7 Å². The van der Waals surface area contributed by atoms with Crippen molar-refractivity contribution in [2.75, 3.05) is 6.61 Å². The second-order valence-corrected chi connectivity index (χ2v) is 6.96. The highest BCUT2D eigenvalue weighted by Gasteiger charge is 2.34. The topological polar surface area (TPSA) is 68.1 Å². The first kappa shape index (κ1) is 22.1. The number of hydrogen-bond acceptors (Lipinski definition) is 5. The Morgan fingerprint density at radius 1 is 1.36 bits per heavy atom. The minimum absolute atomic E-state index is 0.0182. The maximum Gasteiger partial charge on any atom is 0.387 e. The Morgan fingerprint density at radius 2 is 2.04 bits per heavy atom. The largest absolute Gasteiger partial charge is 0.511 e. The molecular weight excluding hydrogens is 392 g/mol. The highest BCUT2D eigenvalue weighted by molar-refractivity contribution is 6.32. The standard InChI is InChI=1S/C20H24ClF2NO4/c1-5-13(24-27-6-2)18-14(25)8-12(9-15(18)26)17-11(4)19(21)10(3)7-16(17)28-20(22)23/h7,12,20,25H,5-6,8-9H2,1-4H3. The van der Waals surface area contributed by atoms with E-state index in [2.05, 4.69) is 9.89 Å². The lowest BCUT2D eigenvalue weighted by atomic mass is 9.79. The summed E-state index contributed by atoms with van der Waals surface area (Å²) in [6.45, 7) is 4.27. The number of hydrogen-bond donors (Lipinski definition) is 1. The number of carbonyl (C=O) groups excluding carboxylic acids is 1. The molecule has 1 aliphatic rings. The number of Topliss-reactive ketones (excluding diaryl/α,β-unsaturated/α-hetero) is 1. The lowest BCUT2D eigenvalue weighted by Gasteiger charge is -2.27. The Morgan fingerprint density at radius 3 is 2.57 bits per heavy atom. The first-order chi connectivity index (χ1) is 13.2. The molecule has 154 valence electrons. The van der Waals surface area contributed by atoms with Crippen molar-refractivity contribution < 1.29 is 28.3 Å². The van der Waals surface area contributed by atoms with Gasteiger partial charge in [-0.15, -0.1) is 0 Å². The highest BCUT2D eigenvalue weighted by atomic mass is 35.5. The summed E-state index contributed by atoms with van der Waals surface area (Å²) in [6, 6.07) is 1.44. The summed E-state index contributed by atoms with van der Waals surface area (Å²) in [5.41, 5.74) is 2.07. The first-order valence-electron chi connectivity index (χ1n) is 9.10. The molecule has 1 atom stereocenters. The molecule has 1 aromatic rings. The number of carbonyl (C=O) groups is 1. The van der Waals surface area contributed by atoms with Crippen molar-refractivity contribution in [3.63, 3.8) is 0 Å². The zero-order valence-electron chi connectivity index (χ0n) is 16.3. The van der Waals surface area contributed by atoms with Crippen LogP contribution in [0.4, 0.5) is 8.78 Å². The zero-order chi connectivity index (χ0) is 21.0. The molecule has 1 aromatic carbocycles. The molecule has 0 bridgehead atoms. The summed E-state index contributed by atoms with van der Waals surface area (Å²) in [7, 11) is 0. The van der Waals surface area contributed by atoms with Crippen molar-refractivity contribution >= 4 is 23.1 Å². The molecule has 28 heavy (non-hydrogen) atoms. The molecule has 0 spiro atoms. The van der Waals surface area contributed by atoms with Crippen LogP contribution in [-0.2, 0) is 9.63 Å². The molecule has 2 rings (SSSR count). The van der Waals surface area contributed by atoms with Crippen LogP contribution in [0, 0.1) is 13.8 Å². The first-order valence-corrected chi connectivity index (χ1v) is 9.47. The molecule has 0 aliphatic heterocycles. The SMILES string of the molecule is CCON=C(CC)C1=C(O)CC(c2c(OC(F)F)cc(C)c(Cl)c2C)CC1=O. The molecule has 0 aromatic heterocycles. The molecule has 0 saturated heterocycles. The third-order valence-corrected chi connectivity index (χ3v) is 5.26. The minimum atomic E-state index is -3.01. The Balaban J connectivity index is 2.50. The van der Waals surface area contributed by atoms with E-state index in [9.17, 15) is 18.7 Å². The summed E-state index contributed by atoms with van der Waals surface area (Å²) in [5.74, 6) is -1.02. The minimum Gasteiger partial charge on any atom is -0.511 e. The predicted octanol–water partition coefficient (Wildman–Crippen LogP) is 5.62. The monoisotopic (exact) mass is 415 g/mol. The van der Waals surface area contributed by atoms with Crippen molar-refractivity contribution in [1.82, 2.24) is 0 Å². The molecule has 5 nitrogen and oxygen atoms in total. The average Bonchev–Trinajstić information content (AvgIpc) is 2.61. The molecule has 0 amide bonds.